The number of fused-ring (bicyclic) bond motifs is 1. The van der Waals surface area contributed by atoms with Crippen LogP contribution < -0.4 is 0 Å². The normalized spacial score (nSPS) is 11.0. The van der Waals surface area contributed by atoms with Gasteiger partial charge in [-0.25, -0.2) is 14.4 Å². The Morgan fingerprint density at radius 3 is 2.60 bits per heavy atom. The zero-order chi connectivity index (χ0) is 14.3. The van der Waals surface area contributed by atoms with E-state index in [1.165, 1.54) is 6.07 Å². The molecule has 1 aromatic heterocycles. The van der Waals surface area contributed by atoms with Crippen molar-refractivity contribution < 1.29 is 4.39 Å². The number of rotatable bonds is 1. The minimum absolute atomic E-state index is 0.0714. The highest BCUT2D eigenvalue weighted by atomic mass is 79.9. The monoisotopic (exact) mass is 370 g/mol. The van der Waals surface area contributed by atoms with E-state index in [4.69, 9.17) is 23.2 Å². The Kier molecular flexibility index (Phi) is 3.63. The van der Waals surface area contributed by atoms with Crippen LogP contribution in [0.1, 0.15) is 0 Å². The van der Waals surface area contributed by atoms with Crippen LogP contribution in [-0.4, -0.2) is 9.97 Å². The maximum atomic E-state index is 13.7. The van der Waals surface area contributed by atoms with Gasteiger partial charge in [-0.2, -0.15) is 0 Å². The maximum absolute atomic E-state index is 13.7. The Labute approximate surface area is 132 Å². The highest BCUT2D eigenvalue weighted by Gasteiger charge is 2.13. The highest BCUT2D eigenvalue weighted by molar-refractivity contribution is 9.10. The van der Waals surface area contributed by atoms with Crippen molar-refractivity contribution in [3.8, 4) is 11.4 Å². The Morgan fingerprint density at radius 2 is 1.85 bits per heavy atom. The van der Waals surface area contributed by atoms with E-state index in [1.54, 1.807) is 24.3 Å². The van der Waals surface area contributed by atoms with Crippen molar-refractivity contribution in [2.75, 3.05) is 0 Å². The van der Waals surface area contributed by atoms with Crippen LogP contribution in [-0.2, 0) is 0 Å². The smallest absolute Gasteiger partial charge is 0.162 e. The molecule has 0 unspecified atom stereocenters. The van der Waals surface area contributed by atoms with Gasteiger partial charge in [-0.1, -0.05) is 45.2 Å². The molecule has 0 atom stereocenters. The number of nitrogens with zero attached hydrogens (tertiary/aromatic N) is 2. The van der Waals surface area contributed by atoms with E-state index in [0.29, 0.717) is 21.9 Å². The largest absolute Gasteiger partial charge is 0.228 e. The molecule has 0 aliphatic rings. The average molecular weight is 372 g/mol. The van der Waals surface area contributed by atoms with Gasteiger partial charge >= 0.3 is 0 Å². The van der Waals surface area contributed by atoms with E-state index in [2.05, 4.69) is 25.9 Å². The minimum Gasteiger partial charge on any atom is -0.228 e. The Balaban J connectivity index is 2.28. The zero-order valence-electron chi connectivity index (χ0n) is 9.87. The third kappa shape index (κ3) is 2.39. The van der Waals surface area contributed by atoms with Crippen LogP contribution in [0.5, 0.6) is 0 Å². The fourth-order valence-electron chi connectivity index (χ4n) is 1.89. The summed E-state index contributed by atoms with van der Waals surface area (Å²) in [5, 5.41) is 0.777. The molecule has 1 heterocycles. The van der Waals surface area contributed by atoms with Crippen molar-refractivity contribution in [2.45, 2.75) is 0 Å². The number of aromatic nitrogens is 2. The first-order chi connectivity index (χ1) is 9.56. The van der Waals surface area contributed by atoms with Gasteiger partial charge in [0, 0.05) is 10.0 Å². The van der Waals surface area contributed by atoms with Crippen molar-refractivity contribution >= 4 is 50.0 Å². The van der Waals surface area contributed by atoms with E-state index < -0.39 is 5.82 Å². The predicted molar refractivity (Wildman–Crippen MR) is 82.7 cm³/mol. The number of hydrogen-bond donors (Lipinski definition) is 0. The van der Waals surface area contributed by atoms with Crippen molar-refractivity contribution in [3.05, 3.63) is 56.9 Å². The molecule has 20 heavy (non-hydrogen) atoms. The summed E-state index contributed by atoms with van der Waals surface area (Å²) in [6.07, 6.45) is 0. The second-order valence-corrected chi connectivity index (χ2v) is 5.78. The molecule has 3 aromatic rings. The Morgan fingerprint density at radius 1 is 1.05 bits per heavy atom. The summed E-state index contributed by atoms with van der Waals surface area (Å²) in [5.41, 5.74) is 1.09. The van der Waals surface area contributed by atoms with Crippen LogP contribution in [0.25, 0.3) is 22.3 Å². The van der Waals surface area contributed by atoms with Crippen LogP contribution in [0.15, 0.2) is 40.9 Å². The summed E-state index contributed by atoms with van der Waals surface area (Å²) in [6, 6.07) is 9.93. The number of benzene rings is 2. The standard InChI is InChI=1S/C14H6BrCl2FN2/c15-7-4-5-8(9(16)6-7)14-19-11-3-1-2-10(18)12(11)13(17)20-14/h1-6H. The molecule has 0 radical (unpaired) electrons. The van der Waals surface area contributed by atoms with Crippen LogP contribution in [0.2, 0.25) is 10.2 Å². The molecule has 0 N–H and O–H groups in total. The van der Waals surface area contributed by atoms with Gasteiger partial charge in [0.2, 0.25) is 0 Å². The van der Waals surface area contributed by atoms with Gasteiger partial charge in [0.25, 0.3) is 0 Å². The lowest BCUT2D eigenvalue weighted by atomic mass is 10.2. The lowest BCUT2D eigenvalue weighted by Crippen LogP contribution is -1.94. The van der Waals surface area contributed by atoms with Crippen molar-refractivity contribution in [3.63, 3.8) is 0 Å². The summed E-state index contributed by atoms with van der Waals surface area (Å²) < 4.78 is 14.6. The van der Waals surface area contributed by atoms with E-state index in [0.717, 1.165) is 4.47 Å². The predicted octanol–water partition coefficient (Wildman–Crippen LogP) is 5.51. The van der Waals surface area contributed by atoms with Gasteiger partial charge in [0.1, 0.15) is 11.0 Å². The molecule has 0 fully saturated rings. The number of halogens is 4. The summed E-state index contributed by atoms with van der Waals surface area (Å²) in [7, 11) is 0. The Hall–Kier alpha value is -1.23. The fraction of sp³-hybridized carbons (Fsp3) is 0. The summed E-state index contributed by atoms with van der Waals surface area (Å²) in [6.45, 7) is 0. The van der Waals surface area contributed by atoms with Crippen LogP contribution >= 0.6 is 39.1 Å². The summed E-state index contributed by atoms with van der Waals surface area (Å²) in [4.78, 5) is 8.46. The molecule has 6 heteroatoms. The molecule has 2 nitrogen and oxygen atoms in total. The van der Waals surface area contributed by atoms with Crippen LogP contribution in [0, 0.1) is 5.82 Å². The molecule has 100 valence electrons. The quantitative estimate of drug-likeness (QED) is 0.527. The lowest BCUT2D eigenvalue weighted by molar-refractivity contribution is 0.639. The lowest BCUT2D eigenvalue weighted by Gasteiger charge is -2.07. The van der Waals surface area contributed by atoms with Crippen molar-refractivity contribution in [1.29, 1.82) is 0 Å². The zero-order valence-corrected chi connectivity index (χ0v) is 13.0. The van der Waals surface area contributed by atoms with Gasteiger partial charge in [0.05, 0.1) is 15.9 Å². The molecule has 0 saturated carbocycles. The minimum atomic E-state index is -0.444. The molecule has 3 rings (SSSR count). The van der Waals surface area contributed by atoms with E-state index in [1.807, 2.05) is 6.07 Å². The van der Waals surface area contributed by atoms with Crippen molar-refractivity contribution in [1.82, 2.24) is 9.97 Å². The van der Waals surface area contributed by atoms with Gasteiger partial charge < -0.3 is 0 Å². The maximum Gasteiger partial charge on any atom is 0.162 e. The third-order valence-electron chi connectivity index (χ3n) is 2.80. The summed E-state index contributed by atoms with van der Waals surface area (Å²) in [5.74, 6) is -0.0773. The molecular formula is C14H6BrCl2FN2. The van der Waals surface area contributed by atoms with Crippen LogP contribution in [0.4, 0.5) is 4.39 Å². The first-order valence-electron chi connectivity index (χ1n) is 5.63. The molecule has 0 amide bonds. The second-order valence-electron chi connectivity index (χ2n) is 4.10. The van der Waals surface area contributed by atoms with E-state index >= 15 is 0 Å². The first kappa shape index (κ1) is 13.7. The van der Waals surface area contributed by atoms with E-state index in [-0.39, 0.29) is 10.5 Å². The molecule has 0 bridgehead atoms. The second kappa shape index (κ2) is 5.28. The Bertz CT molecular complexity index is 824. The van der Waals surface area contributed by atoms with Gasteiger partial charge in [-0.15, -0.1) is 0 Å². The molecule has 0 aliphatic carbocycles. The SMILES string of the molecule is Fc1cccc2nc(-c3ccc(Br)cc3Cl)nc(Cl)c12. The van der Waals surface area contributed by atoms with Crippen molar-refractivity contribution in [2.24, 2.45) is 0 Å². The van der Waals surface area contributed by atoms with Crippen LogP contribution in [0.3, 0.4) is 0 Å². The average Bonchev–Trinajstić information content (AvgIpc) is 2.38. The molecule has 2 aromatic carbocycles. The number of hydrogen-bond acceptors (Lipinski definition) is 2. The van der Waals surface area contributed by atoms with Gasteiger partial charge in [-0.05, 0) is 30.3 Å². The first-order valence-corrected chi connectivity index (χ1v) is 7.18. The molecule has 0 saturated heterocycles. The third-order valence-corrected chi connectivity index (χ3v) is 3.88. The molecular weight excluding hydrogens is 366 g/mol. The highest BCUT2D eigenvalue weighted by Crippen LogP contribution is 2.31. The fourth-order valence-corrected chi connectivity index (χ4v) is 2.91. The molecule has 0 spiro atoms. The topological polar surface area (TPSA) is 25.8 Å². The summed E-state index contributed by atoms with van der Waals surface area (Å²) >= 11 is 15.6. The van der Waals surface area contributed by atoms with Gasteiger partial charge in [0.15, 0.2) is 5.82 Å². The van der Waals surface area contributed by atoms with Gasteiger partial charge in [-0.3, -0.25) is 0 Å². The van der Waals surface area contributed by atoms with E-state index in [9.17, 15) is 4.39 Å². The molecule has 0 aliphatic heterocycles.